The zero-order valence-electron chi connectivity index (χ0n) is 9.00. The molecule has 16 heavy (non-hydrogen) atoms. The summed E-state index contributed by atoms with van der Waals surface area (Å²) in [6, 6.07) is 4.37. The van der Waals surface area contributed by atoms with E-state index in [1.54, 1.807) is 11.3 Å². The molecule has 86 valence electrons. The Morgan fingerprint density at radius 3 is 2.94 bits per heavy atom. The molecule has 1 aliphatic heterocycles. The SMILES string of the molecule is O=C1CC(C(O)c2cccs2)CN1C1CC1. The number of carbonyl (C=O) groups excluding carboxylic acids is 1. The standard InChI is InChI=1S/C12H15NO2S/c14-11-6-8(7-13(11)9-3-4-9)12(15)10-2-1-5-16-10/h1-2,5,8-9,12,15H,3-4,6-7H2. The molecule has 0 radical (unpaired) electrons. The fourth-order valence-corrected chi connectivity index (χ4v) is 3.21. The number of amides is 1. The fraction of sp³-hybridized carbons (Fsp3) is 0.583. The molecule has 2 fully saturated rings. The first kappa shape index (κ1) is 10.3. The first-order chi connectivity index (χ1) is 7.75. The molecule has 1 amide bonds. The van der Waals surface area contributed by atoms with Crippen LogP contribution in [0.5, 0.6) is 0 Å². The lowest BCUT2D eigenvalue weighted by Gasteiger charge is -2.18. The van der Waals surface area contributed by atoms with Gasteiger partial charge in [0.25, 0.3) is 0 Å². The summed E-state index contributed by atoms with van der Waals surface area (Å²) in [4.78, 5) is 14.7. The van der Waals surface area contributed by atoms with Crippen LogP contribution in [-0.2, 0) is 4.79 Å². The van der Waals surface area contributed by atoms with E-state index in [-0.39, 0.29) is 11.8 Å². The number of carbonyl (C=O) groups is 1. The van der Waals surface area contributed by atoms with Gasteiger partial charge in [-0.25, -0.2) is 0 Å². The fourth-order valence-electron chi connectivity index (χ4n) is 2.40. The summed E-state index contributed by atoms with van der Waals surface area (Å²) in [6.07, 6.45) is 2.34. The molecule has 2 atom stereocenters. The molecule has 2 unspecified atom stereocenters. The Morgan fingerprint density at radius 2 is 2.31 bits per heavy atom. The van der Waals surface area contributed by atoms with Crippen molar-refractivity contribution in [1.29, 1.82) is 0 Å². The van der Waals surface area contributed by atoms with Crippen LogP contribution in [0.15, 0.2) is 17.5 Å². The van der Waals surface area contributed by atoms with Crippen LogP contribution >= 0.6 is 11.3 Å². The molecule has 1 aromatic rings. The molecule has 1 aromatic heterocycles. The highest BCUT2D eigenvalue weighted by molar-refractivity contribution is 7.10. The zero-order valence-corrected chi connectivity index (χ0v) is 9.82. The summed E-state index contributed by atoms with van der Waals surface area (Å²) in [5.74, 6) is 0.315. The number of thiophene rings is 1. The second-order valence-corrected chi connectivity index (χ2v) is 5.68. The average molecular weight is 237 g/mol. The van der Waals surface area contributed by atoms with Crippen LogP contribution < -0.4 is 0 Å². The molecule has 0 bridgehead atoms. The Kier molecular flexibility index (Phi) is 2.48. The van der Waals surface area contributed by atoms with Gasteiger partial charge < -0.3 is 10.0 Å². The Hall–Kier alpha value is -0.870. The molecular weight excluding hydrogens is 222 g/mol. The van der Waals surface area contributed by atoms with E-state index in [0.29, 0.717) is 12.5 Å². The first-order valence-electron chi connectivity index (χ1n) is 5.76. The van der Waals surface area contributed by atoms with E-state index in [4.69, 9.17) is 0 Å². The molecular formula is C12H15NO2S. The van der Waals surface area contributed by atoms with Crippen LogP contribution in [0.25, 0.3) is 0 Å². The number of nitrogens with zero attached hydrogens (tertiary/aromatic N) is 1. The van der Waals surface area contributed by atoms with Gasteiger partial charge >= 0.3 is 0 Å². The van der Waals surface area contributed by atoms with Gasteiger partial charge in [0.2, 0.25) is 5.91 Å². The largest absolute Gasteiger partial charge is 0.387 e. The molecule has 0 spiro atoms. The van der Waals surface area contributed by atoms with E-state index in [0.717, 1.165) is 24.3 Å². The minimum Gasteiger partial charge on any atom is -0.387 e. The van der Waals surface area contributed by atoms with Gasteiger partial charge in [-0.15, -0.1) is 11.3 Å². The zero-order chi connectivity index (χ0) is 11.1. The topological polar surface area (TPSA) is 40.5 Å². The molecule has 1 aliphatic carbocycles. The molecule has 1 N–H and O–H groups in total. The van der Waals surface area contributed by atoms with E-state index in [2.05, 4.69) is 0 Å². The lowest BCUT2D eigenvalue weighted by molar-refractivity contribution is -0.128. The van der Waals surface area contributed by atoms with Crippen LogP contribution in [0.2, 0.25) is 0 Å². The van der Waals surface area contributed by atoms with Gasteiger partial charge in [-0.3, -0.25) is 4.79 Å². The summed E-state index contributed by atoms with van der Waals surface area (Å²) in [7, 11) is 0. The van der Waals surface area contributed by atoms with Crippen molar-refractivity contribution in [2.24, 2.45) is 5.92 Å². The second kappa shape index (κ2) is 3.86. The Bertz CT molecular complexity index is 386. The molecule has 2 heterocycles. The van der Waals surface area contributed by atoms with Crippen molar-refractivity contribution in [2.45, 2.75) is 31.4 Å². The average Bonchev–Trinajstić information content (AvgIpc) is 2.83. The predicted octanol–water partition coefficient (Wildman–Crippen LogP) is 1.79. The van der Waals surface area contributed by atoms with E-state index in [1.165, 1.54) is 0 Å². The van der Waals surface area contributed by atoms with Crippen molar-refractivity contribution >= 4 is 17.2 Å². The van der Waals surface area contributed by atoms with Gasteiger partial charge in [-0.1, -0.05) is 6.07 Å². The molecule has 2 aliphatic rings. The van der Waals surface area contributed by atoms with Crippen molar-refractivity contribution < 1.29 is 9.90 Å². The molecule has 4 heteroatoms. The Labute approximate surface area is 98.7 Å². The first-order valence-corrected chi connectivity index (χ1v) is 6.64. The quantitative estimate of drug-likeness (QED) is 0.870. The summed E-state index contributed by atoms with van der Waals surface area (Å²) in [6.45, 7) is 0.739. The highest BCUT2D eigenvalue weighted by Gasteiger charge is 2.41. The van der Waals surface area contributed by atoms with Crippen LogP contribution in [0.1, 0.15) is 30.2 Å². The van der Waals surface area contributed by atoms with Crippen molar-refractivity contribution in [3.63, 3.8) is 0 Å². The maximum Gasteiger partial charge on any atom is 0.223 e. The van der Waals surface area contributed by atoms with Gasteiger partial charge in [0, 0.05) is 29.8 Å². The van der Waals surface area contributed by atoms with Gasteiger partial charge in [0.05, 0.1) is 6.10 Å². The second-order valence-electron chi connectivity index (χ2n) is 4.70. The third-order valence-electron chi connectivity index (χ3n) is 3.46. The third-order valence-corrected chi connectivity index (χ3v) is 4.40. The summed E-state index contributed by atoms with van der Waals surface area (Å²) >= 11 is 1.56. The summed E-state index contributed by atoms with van der Waals surface area (Å²) in [5.41, 5.74) is 0. The van der Waals surface area contributed by atoms with Crippen LogP contribution in [0, 0.1) is 5.92 Å². The third kappa shape index (κ3) is 1.76. The summed E-state index contributed by atoms with van der Waals surface area (Å²) < 4.78 is 0. The lowest BCUT2D eigenvalue weighted by Crippen LogP contribution is -2.27. The van der Waals surface area contributed by atoms with Crippen molar-refractivity contribution in [1.82, 2.24) is 4.90 Å². The summed E-state index contributed by atoms with van der Waals surface area (Å²) in [5, 5.41) is 12.1. The van der Waals surface area contributed by atoms with Gasteiger partial charge in [0.15, 0.2) is 0 Å². The Balaban J connectivity index is 1.70. The minimum atomic E-state index is -0.465. The van der Waals surface area contributed by atoms with Crippen molar-refractivity contribution in [2.75, 3.05) is 6.54 Å². The number of hydrogen-bond acceptors (Lipinski definition) is 3. The van der Waals surface area contributed by atoms with E-state index < -0.39 is 6.10 Å². The van der Waals surface area contributed by atoms with Crippen molar-refractivity contribution in [3.05, 3.63) is 22.4 Å². The van der Waals surface area contributed by atoms with Gasteiger partial charge in [0.1, 0.15) is 0 Å². The molecule has 3 nitrogen and oxygen atoms in total. The highest BCUT2D eigenvalue weighted by atomic mass is 32.1. The van der Waals surface area contributed by atoms with E-state index in [9.17, 15) is 9.90 Å². The minimum absolute atomic E-state index is 0.0896. The number of aliphatic hydroxyl groups excluding tert-OH is 1. The van der Waals surface area contributed by atoms with E-state index in [1.807, 2.05) is 22.4 Å². The maximum absolute atomic E-state index is 11.8. The maximum atomic E-state index is 11.8. The van der Waals surface area contributed by atoms with Crippen LogP contribution in [0.3, 0.4) is 0 Å². The Morgan fingerprint density at radius 1 is 1.50 bits per heavy atom. The molecule has 3 rings (SSSR count). The normalized spacial score (nSPS) is 27.4. The van der Waals surface area contributed by atoms with Gasteiger partial charge in [-0.2, -0.15) is 0 Å². The number of likely N-dealkylation sites (tertiary alicyclic amines) is 1. The molecule has 1 saturated heterocycles. The number of aliphatic hydroxyl groups is 1. The van der Waals surface area contributed by atoms with E-state index >= 15 is 0 Å². The van der Waals surface area contributed by atoms with Crippen LogP contribution in [-0.4, -0.2) is 28.5 Å². The number of rotatable bonds is 3. The van der Waals surface area contributed by atoms with Crippen LogP contribution in [0.4, 0.5) is 0 Å². The smallest absolute Gasteiger partial charge is 0.223 e. The number of hydrogen-bond donors (Lipinski definition) is 1. The lowest BCUT2D eigenvalue weighted by atomic mass is 10.0. The molecule has 0 aromatic carbocycles. The monoisotopic (exact) mass is 237 g/mol. The van der Waals surface area contributed by atoms with Crippen molar-refractivity contribution in [3.8, 4) is 0 Å². The molecule has 1 saturated carbocycles. The van der Waals surface area contributed by atoms with Gasteiger partial charge in [-0.05, 0) is 24.3 Å². The highest BCUT2D eigenvalue weighted by Crippen LogP contribution is 2.38. The predicted molar refractivity (Wildman–Crippen MR) is 62.1 cm³/mol.